The van der Waals surface area contributed by atoms with E-state index in [4.69, 9.17) is 4.74 Å². The minimum absolute atomic E-state index is 0.518. The van der Waals surface area contributed by atoms with Crippen molar-refractivity contribution < 1.29 is 4.74 Å². The molecule has 0 aromatic heterocycles. The molecule has 1 heterocycles. The molecule has 0 saturated carbocycles. The second-order valence-corrected chi connectivity index (χ2v) is 5.88. The van der Waals surface area contributed by atoms with Gasteiger partial charge in [-0.25, -0.2) is 0 Å². The molecule has 19 heavy (non-hydrogen) atoms. The molecule has 0 atom stereocenters. The topological polar surface area (TPSA) is 12.5 Å². The van der Waals surface area contributed by atoms with Crippen molar-refractivity contribution in [1.82, 2.24) is 4.90 Å². The van der Waals surface area contributed by atoms with Crippen LogP contribution in [0.25, 0.3) is 0 Å². The van der Waals surface area contributed by atoms with E-state index in [9.17, 15) is 0 Å². The summed E-state index contributed by atoms with van der Waals surface area (Å²) in [5.41, 5.74) is 2.77. The summed E-state index contributed by atoms with van der Waals surface area (Å²) < 4.78 is 5.45. The van der Waals surface area contributed by atoms with Gasteiger partial charge in [0.25, 0.3) is 0 Å². The van der Waals surface area contributed by atoms with Gasteiger partial charge in [0.1, 0.15) is 5.75 Å². The number of piperidine rings is 1. The first kappa shape index (κ1) is 14.4. The monoisotopic (exact) mass is 261 g/mol. The average Bonchev–Trinajstić information content (AvgIpc) is 2.46. The second-order valence-electron chi connectivity index (χ2n) is 5.88. The van der Waals surface area contributed by atoms with Crippen LogP contribution in [-0.4, -0.2) is 31.6 Å². The molecule has 1 fully saturated rings. The van der Waals surface area contributed by atoms with Gasteiger partial charge in [-0.05, 0) is 55.5 Å². The van der Waals surface area contributed by atoms with E-state index in [0.717, 1.165) is 12.2 Å². The quantitative estimate of drug-likeness (QED) is 0.798. The summed E-state index contributed by atoms with van der Waals surface area (Å²) in [4.78, 5) is 2.60. The second kappa shape index (κ2) is 6.95. The number of likely N-dealkylation sites (tertiary alicyclic amines) is 1. The maximum absolute atomic E-state index is 5.45. The van der Waals surface area contributed by atoms with Crippen molar-refractivity contribution in [2.45, 2.75) is 45.4 Å². The summed E-state index contributed by atoms with van der Waals surface area (Å²) in [6, 6.07) is 6.67. The maximum atomic E-state index is 5.45. The molecule has 0 bridgehead atoms. The summed E-state index contributed by atoms with van der Waals surface area (Å²) in [6.07, 6.45) is 5.32. The number of hydrogen-bond donors (Lipinski definition) is 0. The Balaban J connectivity index is 1.98. The summed E-state index contributed by atoms with van der Waals surface area (Å²) in [5, 5.41) is 0. The van der Waals surface area contributed by atoms with Gasteiger partial charge in [0.05, 0.1) is 7.11 Å². The highest BCUT2D eigenvalue weighted by molar-refractivity contribution is 5.39. The van der Waals surface area contributed by atoms with Gasteiger partial charge >= 0.3 is 0 Å². The third-order valence-corrected chi connectivity index (χ3v) is 4.08. The molecule has 1 aliphatic rings. The highest BCUT2D eigenvalue weighted by Crippen LogP contribution is 2.27. The highest BCUT2D eigenvalue weighted by atomic mass is 16.5. The SMILES string of the molecule is COc1ccc(CCN2CCCCC2)cc1C(C)C. The van der Waals surface area contributed by atoms with E-state index in [2.05, 4.69) is 36.9 Å². The first-order chi connectivity index (χ1) is 9.20. The van der Waals surface area contributed by atoms with Gasteiger partial charge in [-0.15, -0.1) is 0 Å². The predicted octanol–water partition coefficient (Wildman–Crippen LogP) is 3.85. The number of nitrogens with zero attached hydrogens (tertiary/aromatic N) is 1. The molecule has 0 unspecified atom stereocenters. The van der Waals surface area contributed by atoms with Gasteiger partial charge in [-0.2, -0.15) is 0 Å². The fourth-order valence-electron chi connectivity index (χ4n) is 2.86. The minimum atomic E-state index is 0.518. The van der Waals surface area contributed by atoms with Gasteiger partial charge in [0, 0.05) is 6.54 Å². The molecular weight excluding hydrogens is 234 g/mol. The Bertz CT molecular complexity index is 394. The molecule has 0 aliphatic carbocycles. The lowest BCUT2D eigenvalue weighted by molar-refractivity contribution is 0.231. The van der Waals surface area contributed by atoms with E-state index in [1.165, 1.54) is 50.0 Å². The molecule has 0 radical (unpaired) electrons. The third kappa shape index (κ3) is 3.97. The van der Waals surface area contributed by atoms with Gasteiger partial charge in [-0.3, -0.25) is 0 Å². The van der Waals surface area contributed by atoms with Gasteiger partial charge in [0.2, 0.25) is 0 Å². The lowest BCUT2D eigenvalue weighted by Gasteiger charge is -2.26. The van der Waals surface area contributed by atoms with Crippen LogP contribution in [0, 0.1) is 0 Å². The van der Waals surface area contributed by atoms with E-state index >= 15 is 0 Å². The van der Waals surface area contributed by atoms with Crippen molar-refractivity contribution in [3.8, 4) is 5.75 Å². The lowest BCUT2D eigenvalue weighted by atomic mass is 9.98. The number of ether oxygens (including phenoxy) is 1. The average molecular weight is 261 g/mol. The zero-order chi connectivity index (χ0) is 13.7. The molecule has 2 nitrogen and oxygen atoms in total. The Morgan fingerprint density at radius 2 is 1.89 bits per heavy atom. The van der Waals surface area contributed by atoms with Gasteiger partial charge < -0.3 is 9.64 Å². The largest absolute Gasteiger partial charge is 0.496 e. The number of rotatable bonds is 5. The van der Waals surface area contributed by atoms with Crippen molar-refractivity contribution in [2.75, 3.05) is 26.7 Å². The van der Waals surface area contributed by atoms with Crippen LogP contribution < -0.4 is 4.74 Å². The van der Waals surface area contributed by atoms with Crippen LogP contribution in [0.1, 0.15) is 50.2 Å². The first-order valence-electron chi connectivity index (χ1n) is 7.60. The zero-order valence-electron chi connectivity index (χ0n) is 12.6. The fourth-order valence-corrected chi connectivity index (χ4v) is 2.86. The van der Waals surface area contributed by atoms with E-state index in [1.807, 2.05) is 0 Å². The first-order valence-corrected chi connectivity index (χ1v) is 7.60. The van der Waals surface area contributed by atoms with Crippen molar-refractivity contribution in [1.29, 1.82) is 0 Å². The third-order valence-electron chi connectivity index (χ3n) is 4.08. The summed E-state index contributed by atoms with van der Waals surface area (Å²) in [5.74, 6) is 1.54. The maximum Gasteiger partial charge on any atom is 0.122 e. The Morgan fingerprint density at radius 3 is 2.53 bits per heavy atom. The predicted molar refractivity (Wildman–Crippen MR) is 81.1 cm³/mol. The Labute approximate surface area is 117 Å². The van der Waals surface area contributed by atoms with Gasteiger partial charge in [-0.1, -0.05) is 32.4 Å². The molecule has 0 N–H and O–H groups in total. The molecule has 1 aliphatic heterocycles. The van der Waals surface area contributed by atoms with Crippen LogP contribution in [-0.2, 0) is 6.42 Å². The smallest absolute Gasteiger partial charge is 0.122 e. The Kier molecular flexibility index (Phi) is 5.26. The van der Waals surface area contributed by atoms with Crippen LogP contribution in [0.2, 0.25) is 0 Å². The normalized spacial score (nSPS) is 16.8. The van der Waals surface area contributed by atoms with E-state index in [1.54, 1.807) is 7.11 Å². The summed E-state index contributed by atoms with van der Waals surface area (Å²) in [7, 11) is 1.76. The number of methoxy groups -OCH3 is 1. The van der Waals surface area contributed by atoms with E-state index in [-0.39, 0.29) is 0 Å². The fraction of sp³-hybridized carbons (Fsp3) is 0.647. The standard InChI is InChI=1S/C17H27NO/c1-14(2)16-13-15(7-8-17(16)19-3)9-12-18-10-5-4-6-11-18/h7-8,13-14H,4-6,9-12H2,1-3H3. The summed E-state index contributed by atoms with van der Waals surface area (Å²) in [6.45, 7) is 8.22. The number of benzene rings is 1. The zero-order valence-corrected chi connectivity index (χ0v) is 12.6. The number of hydrogen-bond acceptors (Lipinski definition) is 2. The van der Waals surface area contributed by atoms with Crippen LogP contribution in [0.4, 0.5) is 0 Å². The molecule has 0 spiro atoms. The summed E-state index contributed by atoms with van der Waals surface area (Å²) >= 11 is 0. The van der Waals surface area contributed by atoms with E-state index in [0.29, 0.717) is 5.92 Å². The highest BCUT2D eigenvalue weighted by Gasteiger charge is 2.11. The molecule has 106 valence electrons. The van der Waals surface area contributed by atoms with Crippen LogP contribution >= 0.6 is 0 Å². The molecular formula is C17H27NO. The van der Waals surface area contributed by atoms with Crippen molar-refractivity contribution in [2.24, 2.45) is 0 Å². The molecule has 1 aromatic rings. The Morgan fingerprint density at radius 1 is 1.16 bits per heavy atom. The lowest BCUT2D eigenvalue weighted by Crippen LogP contribution is -2.31. The van der Waals surface area contributed by atoms with Crippen LogP contribution in [0.15, 0.2) is 18.2 Å². The molecule has 1 aromatic carbocycles. The van der Waals surface area contributed by atoms with Crippen molar-refractivity contribution >= 4 is 0 Å². The van der Waals surface area contributed by atoms with Crippen LogP contribution in [0.5, 0.6) is 5.75 Å². The van der Waals surface area contributed by atoms with Gasteiger partial charge in [0.15, 0.2) is 0 Å². The van der Waals surface area contributed by atoms with Crippen molar-refractivity contribution in [3.05, 3.63) is 29.3 Å². The minimum Gasteiger partial charge on any atom is -0.496 e. The molecule has 2 rings (SSSR count). The molecule has 0 amide bonds. The Hall–Kier alpha value is -1.02. The molecule has 2 heteroatoms. The van der Waals surface area contributed by atoms with Crippen LogP contribution in [0.3, 0.4) is 0 Å². The molecule has 1 saturated heterocycles. The van der Waals surface area contributed by atoms with Crippen molar-refractivity contribution in [3.63, 3.8) is 0 Å². The van der Waals surface area contributed by atoms with E-state index < -0.39 is 0 Å².